The lowest BCUT2D eigenvalue weighted by Crippen LogP contribution is -2.04. The Morgan fingerprint density at radius 1 is 1.00 bits per heavy atom. The van der Waals surface area contributed by atoms with Crippen LogP contribution in [0.15, 0.2) is 48.5 Å². The standard InChI is InChI=1S/C17H16F3N/c18-17(19,20)13-7-5-11(6-8-13)14-3-1-2-4-15(14)16-9-12(16)10-21/h1-8,12,16H,9-10,21H2. The minimum atomic E-state index is -4.29. The Morgan fingerprint density at radius 2 is 1.67 bits per heavy atom. The van der Waals surface area contributed by atoms with Crippen molar-refractivity contribution < 1.29 is 13.2 Å². The van der Waals surface area contributed by atoms with E-state index in [-0.39, 0.29) is 0 Å². The predicted octanol–water partition coefficient (Wildman–Crippen LogP) is 4.43. The maximum Gasteiger partial charge on any atom is 0.416 e. The molecule has 1 nitrogen and oxygen atoms in total. The smallest absolute Gasteiger partial charge is 0.330 e. The summed E-state index contributed by atoms with van der Waals surface area (Å²) in [6, 6.07) is 13.3. The lowest BCUT2D eigenvalue weighted by Gasteiger charge is -2.11. The van der Waals surface area contributed by atoms with Crippen LogP contribution in [0.25, 0.3) is 11.1 Å². The van der Waals surface area contributed by atoms with Gasteiger partial charge in [0.15, 0.2) is 0 Å². The van der Waals surface area contributed by atoms with Crippen LogP contribution in [-0.4, -0.2) is 6.54 Å². The molecule has 110 valence electrons. The summed E-state index contributed by atoms with van der Waals surface area (Å²) in [5.74, 6) is 0.939. The molecule has 21 heavy (non-hydrogen) atoms. The fourth-order valence-corrected chi connectivity index (χ4v) is 2.81. The topological polar surface area (TPSA) is 26.0 Å². The SMILES string of the molecule is NCC1CC1c1ccccc1-c1ccc(C(F)(F)F)cc1. The molecule has 1 saturated carbocycles. The van der Waals surface area contributed by atoms with E-state index in [1.807, 2.05) is 24.3 Å². The quantitative estimate of drug-likeness (QED) is 0.889. The number of alkyl halides is 3. The summed E-state index contributed by atoms with van der Waals surface area (Å²) in [5, 5.41) is 0. The van der Waals surface area contributed by atoms with E-state index in [0.717, 1.165) is 29.7 Å². The van der Waals surface area contributed by atoms with Gasteiger partial charge in [-0.15, -0.1) is 0 Å². The van der Waals surface area contributed by atoms with Crippen LogP contribution in [-0.2, 0) is 6.18 Å². The van der Waals surface area contributed by atoms with Crippen molar-refractivity contribution in [1.82, 2.24) is 0 Å². The largest absolute Gasteiger partial charge is 0.416 e. The number of nitrogens with two attached hydrogens (primary N) is 1. The van der Waals surface area contributed by atoms with E-state index in [1.54, 1.807) is 12.1 Å². The molecule has 0 saturated heterocycles. The van der Waals surface area contributed by atoms with Crippen LogP contribution in [0, 0.1) is 5.92 Å². The summed E-state index contributed by atoms with van der Waals surface area (Å²) in [5.41, 5.74) is 8.09. The Hall–Kier alpha value is -1.81. The van der Waals surface area contributed by atoms with Crippen molar-refractivity contribution in [3.63, 3.8) is 0 Å². The summed E-state index contributed by atoms with van der Waals surface area (Å²) >= 11 is 0. The zero-order valence-corrected chi connectivity index (χ0v) is 11.4. The molecule has 0 radical (unpaired) electrons. The van der Waals surface area contributed by atoms with Gasteiger partial charge < -0.3 is 5.73 Å². The molecule has 2 atom stereocenters. The highest BCUT2D eigenvalue weighted by Crippen LogP contribution is 2.49. The van der Waals surface area contributed by atoms with Crippen LogP contribution < -0.4 is 5.73 Å². The van der Waals surface area contributed by atoms with Gasteiger partial charge in [0.2, 0.25) is 0 Å². The number of hydrogen-bond acceptors (Lipinski definition) is 1. The van der Waals surface area contributed by atoms with Crippen molar-refractivity contribution >= 4 is 0 Å². The van der Waals surface area contributed by atoms with Gasteiger partial charge in [-0.3, -0.25) is 0 Å². The van der Waals surface area contributed by atoms with Gasteiger partial charge in [0, 0.05) is 0 Å². The first-order chi connectivity index (χ1) is 10.0. The number of rotatable bonds is 3. The second-order valence-electron chi connectivity index (χ2n) is 5.50. The van der Waals surface area contributed by atoms with Crippen molar-refractivity contribution in [2.24, 2.45) is 11.7 Å². The Kier molecular flexibility index (Phi) is 3.49. The second-order valence-corrected chi connectivity index (χ2v) is 5.50. The highest BCUT2D eigenvalue weighted by Gasteiger charge is 2.38. The van der Waals surface area contributed by atoms with Gasteiger partial charge in [0.1, 0.15) is 0 Å². The zero-order valence-electron chi connectivity index (χ0n) is 11.4. The van der Waals surface area contributed by atoms with E-state index < -0.39 is 11.7 Å². The van der Waals surface area contributed by atoms with Gasteiger partial charge in [0.05, 0.1) is 5.56 Å². The van der Waals surface area contributed by atoms with Crippen LogP contribution in [0.3, 0.4) is 0 Å². The maximum absolute atomic E-state index is 12.6. The van der Waals surface area contributed by atoms with Crippen LogP contribution in [0.2, 0.25) is 0 Å². The van der Waals surface area contributed by atoms with Gasteiger partial charge in [0.25, 0.3) is 0 Å². The summed E-state index contributed by atoms with van der Waals surface area (Å²) in [4.78, 5) is 0. The third kappa shape index (κ3) is 2.81. The van der Waals surface area contributed by atoms with Crippen LogP contribution in [0.5, 0.6) is 0 Å². The van der Waals surface area contributed by atoms with E-state index >= 15 is 0 Å². The summed E-state index contributed by atoms with van der Waals surface area (Å²) in [6.45, 7) is 0.659. The molecule has 0 bridgehead atoms. The summed E-state index contributed by atoms with van der Waals surface area (Å²) in [7, 11) is 0. The molecule has 0 spiro atoms. The first-order valence-electron chi connectivity index (χ1n) is 6.97. The minimum absolute atomic E-state index is 0.438. The van der Waals surface area contributed by atoms with Gasteiger partial charge in [-0.1, -0.05) is 36.4 Å². The summed E-state index contributed by atoms with van der Waals surface area (Å²) in [6.07, 6.45) is -3.23. The molecule has 0 aromatic heterocycles. The average Bonchev–Trinajstić information content (AvgIpc) is 3.26. The molecule has 0 heterocycles. The molecule has 2 unspecified atom stereocenters. The maximum atomic E-state index is 12.6. The molecular weight excluding hydrogens is 275 g/mol. The fourth-order valence-electron chi connectivity index (χ4n) is 2.81. The lowest BCUT2D eigenvalue weighted by molar-refractivity contribution is -0.137. The minimum Gasteiger partial charge on any atom is -0.330 e. The first kappa shape index (κ1) is 14.1. The molecule has 2 aromatic rings. The van der Waals surface area contributed by atoms with Gasteiger partial charge in [-0.05, 0) is 53.6 Å². The molecule has 1 aliphatic carbocycles. The van der Waals surface area contributed by atoms with E-state index in [4.69, 9.17) is 5.73 Å². The highest BCUT2D eigenvalue weighted by atomic mass is 19.4. The Balaban J connectivity index is 1.94. The third-order valence-corrected chi connectivity index (χ3v) is 4.11. The van der Waals surface area contributed by atoms with Crippen LogP contribution in [0.1, 0.15) is 23.5 Å². The Labute approximate surface area is 121 Å². The van der Waals surface area contributed by atoms with E-state index in [9.17, 15) is 13.2 Å². The molecule has 0 amide bonds. The van der Waals surface area contributed by atoms with E-state index in [1.165, 1.54) is 5.56 Å². The van der Waals surface area contributed by atoms with Crippen LogP contribution >= 0.6 is 0 Å². The number of halogens is 3. The zero-order chi connectivity index (χ0) is 15.0. The first-order valence-corrected chi connectivity index (χ1v) is 6.97. The van der Waals surface area contributed by atoms with Crippen molar-refractivity contribution in [2.75, 3.05) is 6.54 Å². The Morgan fingerprint density at radius 3 is 2.24 bits per heavy atom. The monoisotopic (exact) mass is 291 g/mol. The number of benzene rings is 2. The molecule has 2 N–H and O–H groups in total. The molecular formula is C17H16F3N. The molecule has 1 fully saturated rings. The van der Waals surface area contributed by atoms with Crippen molar-refractivity contribution in [2.45, 2.75) is 18.5 Å². The fraction of sp³-hybridized carbons (Fsp3) is 0.294. The van der Waals surface area contributed by atoms with E-state index in [2.05, 4.69) is 0 Å². The molecule has 2 aromatic carbocycles. The van der Waals surface area contributed by atoms with Gasteiger partial charge >= 0.3 is 6.18 Å². The number of hydrogen-bond donors (Lipinski definition) is 1. The predicted molar refractivity (Wildman–Crippen MR) is 76.8 cm³/mol. The normalized spacial score (nSPS) is 21.3. The Bertz CT molecular complexity index is 631. The van der Waals surface area contributed by atoms with Crippen LogP contribution in [0.4, 0.5) is 13.2 Å². The van der Waals surface area contributed by atoms with Gasteiger partial charge in [-0.25, -0.2) is 0 Å². The molecule has 3 rings (SSSR count). The van der Waals surface area contributed by atoms with Crippen molar-refractivity contribution in [1.29, 1.82) is 0 Å². The van der Waals surface area contributed by atoms with Crippen molar-refractivity contribution in [3.05, 3.63) is 59.7 Å². The van der Waals surface area contributed by atoms with Crippen molar-refractivity contribution in [3.8, 4) is 11.1 Å². The van der Waals surface area contributed by atoms with E-state index in [0.29, 0.717) is 18.4 Å². The molecule has 4 heteroatoms. The summed E-state index contributed by atoms with van der Waals surface area (Å²) < 4.78 is 37.9. The lowest BCUT2D eigenvalue weighted by atomic mass is 9.95. The van der Waals surface area contributed by atoms with Gasteiger partial charge in [-0.2, -0.15) is 13.2 Å². The third-order valence-electron chi connectivity index (χ3n) is 4.11. The highest BCUT2D eigenvalue weighted by molar-refractivity contribution is 5.69. The molecule has 0 aliphatic heterocycles. The second kappa shape index (κ2) is 5.19. The average molecular weight is 291 g/mol. The molecule has 1 aliphatic rings.